The van der Waals surface area contributed by atoms with Gasteiger partial charge in [-0.15, -0.1) is 0 Å². The molecule has 0 heterocycles. The number of hydrogen-bond acceptors (Lipinski definition) is 4. The van der Waals surface area contributed by atoms with Crippen molar-refractivity contribution in [1.29, 1.82) is 0 Å². The van der Waals surface area contributed by atoms with Crippen LogP contribution >= 0.6 is 11.6 Å². The zero-order valence-corrected chi connectivity index (χ0v) is 16.1. The van der Waals surface area contributed by atoms with Crippen molar-refractivity contribution in [3.63, 3.8) is 0 Å². The number of nitrogens with zero attached hydrogens (tertiary/aromatic N) is 1. The second-order valence-corrected chi connectivity index (χ2v) is 8.06. The van der Waals surface area contributed by atoms with Crippen molar-refractivity contribution in [2.24, 2.45) is 0 Å². The molecule has 0 amide bonds. The average Bonchev–Trinajstić information content (AvgIpc) is 2.61. The molecule has 2 aromatic rings. The highest BCUT2D eigenvalue weighted by Gasteiger charge is 2.20. The molecular weight excluding hydrogens is 362 g/mol. The SMILES string of the molecule is COc1ccc(CCCN(C)S(=O)(=O)c2cccc(Cl)c2)cc1OC. The highest BCUT2D eigenvalue weighted by molar-refractivity contribution is 7.89. The first-order chi connectivity index (χ1) is 11.9. The lowest BCUT2D eigenvalue weighted by Crippen LogP contribution is -2.28. The minimum absolute atomic E-state index is 0.202. The minimum atomic E-state index is -3.54. The maximum absolute atomic E-state index is 12.5. The van der Waals surface area contributed by atoms with Gasteiger partial charge < -0.3 is 9.47 Å². The highest BCUT2D eigenvalue weighted by Crippen LogP contribution is 2.28. The Balaban J connectivity index is 1.99. The Morgan fingerprint density at radius 2 is 1.76 bits per heavy atom. The van der Waals surface area contributed by atoms with Gasteiger partial charge in [0.2, 0.25) is 10.0 Å². The first-order valence-electron chi connectivity index (χ1n) is 7.81. The van der Waals surface area contributed by atoms with E-state index in [9.17, 15) is 8.42 Å². The van der Waals surface area contributed by atoms with Crippen LogP contribution < -0.4 is 9.47 Å². The van der Waals surface area contributed by atoms with E-state index >= 15 is 0 Å². The molecule has 0 aromatic heterocycles. The van der Waals surface area contributed by atoms with Gasteiger partial charge in [-0.05, 0) is 48.7 Å². The van der Waals surface area contributed by atoms with Crippen LogP contribution in [-0.2, 0) is 16.4 Å². The molecule has 7 heteroatoms. The normalized spacial score (nSPS) is 11.6. The molecule has 0 saturated heterocycles. The molecule has 0 aliphatic rings. The molecule has 0 N–H and O–H groups in total. The molecule has 0 spiro atoms. The van der Waals surface area contributed by atoms with Gasteiger partial charge in [0.1, 0.15) is 0 Å². The predicted octanol–water partition coefficient (Wildman–Crippen LogP) is 3.61. The number of rotatable bonds is 8. The second kappa shape index (κ2) is 8.56. The molecule has 0 aliphatic carbocycles. The molecule has 136 valence electrons. The van der Waals surface area contributed by atoms with Crippen LogP contribution in [0.25, 0.3) is 0 Å². The van der Waals surface area contributed by atoms with Gasteiger partial charge in [0.25, 0.3) is 0 Å². The summed E-state index contributed by atoms with van der Waals surface area (Å²) in [5.41, 5.74) is 1.06. The molecule has 2 rings (SSSR count). The topological polar surface area (TPSA) is 55.8 Å². The maximum atomic E-state index is 12.5. The average molecular weight is 384 g/mol. The van der Waals surface area contributed by atoms with Crippen molar-refractivity contribution in [1.82, 2.24) is 4.31 Å². The Labute approximate surface area is 154 Å². The Hall–Kier alpha value is -1.76. The molecule has 0 unspecified atom stereocenters. The first-order valence-corrected chi connectivity index (χ1v) is 9.63. The van der Waals surface area contributed by atoms with E-state index < -0.39 is 10.0 Å². The monoisotopic (exact) mass is 383 g/mol. The number of hydrogen-bond donors (Lipinski definition) is 0. The summed E-state index contributed by atoms with van der Waals surface area (Å²) in [5, 5.41) is 0.403. The maximum Gasteiger partial charge on any atom is 0.242 e. The van der Waals surface area contributed by atoms with E-state index in [1.165, 1.54) is 10.4 Å². The third-order valence-electron chi connectivity index (χ3n) is 3.89. The molecule has 25 heavy (non-hydrogen) atoms. The summed E-state index contributed by atoms with van der Waals surface area (Å²) in [6.45, 7) is 0.406. The van der Waals surface area contributed by atoms with Gasteiger partial charge >= 0.3 is 0 Å². The zero-order chi connectivity index (χ0) is 18.4. The van der Waals surface area contributed by atoms with Crippen LogP contribution in [0.1, 0.15) is 12.0 Å². The molecule has 0 bridgehead atoms. The van der Waals surface area contributed by atoms with E-state index in [1.54, 1.807) is 39.5 Å². The van der Waals surface area contributed by atoms with Gasteiger partial charge in [0, 0.05) is 18.6 Å². The van der Waals surface area contributed by atoms with Crippen molar-refractivity contribution in [3.8, 4) is 11.5 Å². The van der Waals surface area contributed by atoms with E-state index in [2.05, 4.69) is 0 Å². The number of aryl methyl sites for hydroxylation is 1. The fourth-order valence-electron chi connectivity index (χ4n) is 2.47. The van der Waals surface area contributed by atoms with Crippen LogP contribution in [0.5, 0.6) is 11.5 Å². The molecule has 0 radical (unpaired) electrons. The van der Waals surface area contributed by atoms with Crippen molar-refractivity contribution < 1.29 is 17.9 Å². The molecule has 2 aromatic carbocycles. The van der Waals surface area contributed by atoms with Crippen LogP contribution in [0.3, 0.4) is 0 Å². The van der Waals surface area contributed by atoms with Crippen LogP contribution in [0.15, 0.2) is 47.4 Å². The summed E-state index contributed by atoms with van der Waals surface area (Å²) in [5.74, 6) is 1.34. The largest absolute Gasteiger partial charge is 0.493 e. The number of methoxy groups -OCH3 is 2. The van der Waals surface area contributed by atoms with E-state index in [0.717, 1.165) is 12.0 Å². The standard InChI is InChI=1S/C18H22ClNO4S/c1-20(25(21,22)16-8-4-7-15(19)13-16)11-5-6-14-9-10-17(23-2)18(12-14)24-3/h4,7-10,12-13H,5-6,11H2,1-3H3. The third-order valence-corrected chi connectivity index (χ3v) is 5.98. The first kappa shape index (κ1) is 19.6. The van der Waals surface area contributed by atoms with Gasteiger partial charge in [-0.2, -0.15) is 0 Å². The number of sulfonamides is 1. The summed E-state index contributed by atoms with van der Waals surface area (Å²) in [6, 6.07) is 12.0. The molecule has 0 atom stereocenters. The fraction of sp³-hybridized carbons (Fsp3) is 0.333. The van der Waals surface area contributed by atoms with Crippen molar-refractivity contribution in [2.45, 2.75) is 17.7 Å². The molecular formula is C18H22ClNO4S. The van der Waals surface area contributed by atoms with Gasteiger partial charge in [-0.25, -0.2) is 12.7 Å². The summed E-state index contributed by atoms with van der Waals surface area (Å²) < 4.78 is 36.9. The van der Waals surface area contributed by atoms with E-state index in [1.807, 2.05) is 18.2 Å². The quantitative estimate of drug-likeness (QED) is 0.698. The van der Waals surface area contributed by atoms with Crippen LogP contribution in [0.4, 0.5) is 0 Å². The minimum Gasteiger partial charge on any atom is -0.493 e. The van der Waals surface area contributed by atoms with Crippen LogP contribution in [0.2, 0.25) is 5.02 Å². The smallest absolute Gasteiger partial charge is 0.242 e. The molecule has 0 fully saturated rings. The molecule has 0 saturated carbocycles. The predicted molar refractivity (Wildman–Crippen MR) is 99.1 cm³/mol. The molecule has 5 nitrogen and oxygen atoms in total. The Bertz CT molecular complexity index is 824. The zero-order valence-electron chi connectivity index (χ0n) is 14.5. The van der Waals surface area contributed by atoms with E-state index in [0.29, 0.717) is 29.5 Å². The lowest BCUT2D eigenvalue weighted by atomic mass is 10.1. The summed E-state index contributed by atoms with van der Waals surface area (Å²) >= 11 is 5.89. The Morgan fingerprint density at radius 1 is 1.04 bits per heavy atom. The lowest BCUT2D eigenvalue weighted by Gasteiger charge is -2.17. The van der Waals surface area contributed by atoms with Crippen molar-refractivity contribution in [2.75, 3.05) is 27.8 Å². The lowest BCUT2D eigenvalue weighted by molar-refractivity contribution is 0.354. The number of halogens is 1. The third kappa shape index (κ3) is 4.87. The van der Waals surface area contributed by atoms with Gasteiger partial charge in [0.15, 0.2) is 11.5 Å². The summed E-state index contributed by atoms with van der Waals surface area (Å²) in [6.07, 6.45) is 1.42. The van der Waals surface area contributed by atoms with Crippen LogP contribution in [0, 0.1) is 0 Å². The van der Waals surface area contributed by atoms with E-state index in [-0.39, 0.29) is 4.90 Å². The fourth-order valence-corrected chi connectivity index (χ4v) is 3.98. The van der Waals surface area contributed by atoms with Gasteiger partial charge in [-0.3, -0.25) is 0 Å². The van der Waals surface area contributed by atoms with E-state index in [4.69, 9.17) is 21.1 Å². The highest BCUT2D eigenvalue weighted by atomic mass is 35.5. The summed E-state index contributed by atoms with van der Waals surface area (Å²) in [7, 11) is 1.22. The number of benzene rings is 2. The molecule has 0 aliphatic heterocycles. The number of ether oxygens (including phenoxy) is 2. The van der Waals surface area contributed by atoms with Gasteiger partial charge in [-0.1, -0.05) is 23.7 Å². The summed E-state index contributed by atoms with van der Waals surface area (Å²) in [4.78, 5) is 0.202. The Kier molecular flexibility index (Phi) is 6.70. The van der Waals surface area contributed by atoms with Crippen molar-refractivity contribution >= 4 is 21.6 Å². The Morgan fingerprint density at radius 3 is 2.40 bits per heavy atom. The van der Waals surface area contributed by atoms with Crippen molar-refractivity contribution in [3.05, 3.63) is 53.1 Å². The van der Waals surface area contributed by atoms with Crippen LogP contribution in [-0.4, -0.2) is 40.5 Å². The second-order valence-electron chi connectivity index (χ2n) is 5.58. The van der Waals surface area contributed by atoms with Gasteiger partial charge in [0.05, 0.1) is 19.1 Å².